The first-order chi connectivity index (χ1) is 15.7. The lowest BCUT2D eigenvalue weighted by Gasteiger charge is -2.11. The maximum Gasteiger partial charge on any atom is 0.232 e. The third-order valence-electron chi connectivity index (χ3n) is 4.51. The van der Waals surface area contributed by atoms with E-state index in [1.807, 2.05) is 49.4 Å². The zero-order valence-corrected chi connectivity index (χ0v) is 18.6. The number of anilines is 3. The Balaban J connectivity index is 1.53. The quantitative estimate of drug-likeness (QED) is 0.367. The van der Waals surface area contributed by atoms with Gasteiger partial charge in [0.05, 0.1) is 12.4 Å². The van der Waals surface area contributed by atoms with Crippen molar-refractivity contribution in [3.8, 4) is 11.4 Å². The van der Waals surface area contributed by atoms with Crippen molar-refractivity contribution in [2.45, 2.75) is 31.2 Å². The number of aryl methyl sites for hydroxylation is 1. The number of aromatic nitrogens is 7. The van der Waals surface area contributed by atoms with Crippen LogP contribution in [-0.4, -0.2) is 41.8 Å². The second-order valence-corrected chi connectivity index (χ2v) is 7.57. The number of benzene rings is 2. The number of tetrazole rings is 1. The molecule has 0 aliphatic rings. The fraction of sp³-hybridized carbons (Fsp3) is 0.238. The summed E-state index contributed by atoms with van der Waals surface area (Å²) in [5.41, 5.74) is 8.80. The lowest BCUT2D eigenvalue weighted by molar-refractivity contribution is 0.337. The third kappa shape index (κ3) is 4.94. The highest BCUT2D eigenvalue weighted by Gasteiger charge is 2.15. The summed E-state index contributed by atoms with van der Waals surface area (Å²) in [6.45, 7) is 4.57. The fourth-order valence-electron chi connectivity index (χ4n) is 3.09. The van der Waals surface area contributed by atoms with Gasteiger partial charge in [0.2, 0.25) is 17.1 Å². The summed E-state index contributed by atoms with van der Waals surface area (Å²) >= 11 is 1.39. The summed E-state index contributed by atoms with van der Waals surface area (Å²) in [7, 11) is 0. The normalized spacial score (nSPS) is 10.8. The molecule has 2 aromatic heterocycles. The van der Waals surface area contributed by atoms with Crippen LogP contribution in [0.3, 0.4) is 0 Å². The molecular weight excluding hydrogens is 426 g/mol. The van der Waals surface area contributed by atoms with Gasteiger partial charge in [0.15, 0.2) is 0 Å². The molecule has 0 spiro atoms. The molecule has 0 fully saturated rings. The SMILES string of the molecule is CCOc1ccccc1-n1nnnc1SCc1nc(N)nc(Nc2ccccc2CC)n1. The number of rotatable bonds is 9. The summed E-state index contributed by atoms with van der Waals surface area (Å²) in [5, 5.41) is 15.9. The van der Waals surface area contributed by atoms with E-state index in [0.717, 1.165) is 23.4 Å². The van der Waals surface area contributed by atoms with E-state index in [0.29, 0.717) is 35.0 Å². The molecule has 0 radical (unpaired) electrons. The lowest BCUT2D eigenvalue weighted by atomic mass is 10.1. The molecule has 0 saturated heterocycles. The number of nitrogens with one attached hydrogen (secondary N) is 1. The number of para-hydroxylation sites is 3. The molecular formula is C21H23N9OS. The molecule has 0 aliphatic carbocycles. The van der Waals surface area contributed by atoms with E-state index < -0.39 is 0 Å². The third-order valence-corrected chi connectivity index (χ3v) is 5.42. The summed E-state index contributed by atoms with van der Waals surface area (Å²) < 4.78 is 7.34. The van der Waals surface area contributed by atoms with Crippen LogP contribution in [-0.2, 0) is 12.2 Å². The predicted octanol–water partition coefficient (Wildman–Crippen LogP) is 3.43. The molecule has 4 aromatic rings. The number of thioether (sulfide) groups is 1. The molecule has 0 saturated carbocycles. The smallest absolute Gasteiger partial charge is 0.232 e. The minimum absolute atomic E-state index is 0.147. The number of hydrogen-bond acceptors (Lipinski definition) is 10. The van der Waals surface area contributed by atoms with Gasteiger partial charge in [-0.1, -0.05) is 49.0 Å². The van der Waals surface area contributed by atoms with Crippen molar-refractivity contribution in [3.63, 3.8) is 0 Å². The minimum Gasteiger partial charge on any atom is -0.492 e. The van der Waals surface area contributed by atoms with Crippen LogP contribution in [0.4, 0.5) is 17.6 Å². The van der Waals surface area contributed by atoms with Crippen LogP contribution in [0, 0.1) is 0 Å². The molecule has 0 unspecified atom stereocenters. The van der Waals surface area contributed by atoms with Crippen LogP contribution in [0.1, 0.15) is 25.2 Å². The van der Waals surface area contributed by atoms with Crippen molar-refractivity contribution in [1.82, 2.24) is 35.2 Å². The van der Waals surface area contributed by atoms with Crippen LogP contribution in [0.5, 0.6) is 5.75 Å². The first-order valence-electron chi connectivity index (χ1n) is 10.2. The van der Waals surface area contributed by atoms with Crippen molar-refractivity contribution in [1.29, 1.82) is 0 Å². The van der Waals surface area contributed by atoms with Crippen molar-refractivity contribution in [2.75, 3.05) is 17.7 Å². The average Bonchev–Trinajstić information content (AvgIpc) is 3.27. The molecule has 10 nitrogen and oxygen atoms in total. The Morgan fingerprint density at radius 3 is 2.69 bits per heavy atom. The molecule has 32 heavy (non-hydrogen) atoms. The van der Waals surface area contributed by atoms with Gasteiger partial charge < -0.3 is 15.8 Å². The van der Waals surface area contributed by atoms with Gasteiger partial charge in [-0.15, -0.1) is 5.10 Å². The van der Waals surface area contributed by atoms with Gasteiger partial charge in [-0.05, 0) is 47.5 Å². The van der Waals surface area contributed by atoms with Crippen LogP contribution >= 0.6 is 11.8 Å². The Morgan fingerprint density at radius 1 is 1.03 bits per heavy atom. The largest absolute Gasteiger partial charge is 0.492 e. The fourth-order valence-corrected chi connectivity index (χ4v) is 3.83. The van der Waals surface area contributed by atoms with Gasteiger partial charge in [-0.3, -0.25) is 0 Å². The molecule has 0 amide bonds. The molecule has 2 aromatic carbocycles. The van der Waals surface area contributed by atoms with Crippen LogP contribution < -0.4 is 15.8 Å². The highest BCUT2D eigenvalue weighted by Crippen LogP contribution is 2.27. The average molecular weight is 450 g/mol. The number of nitrogens with zero attached hydrogens (tertiary/aromatic N) is 7. The summed E-state index contributed by atoms with van der Waals surface area (Å²) in [6.07, 6.45) is 0.887. The van der Waals surface area contributed by atoms with Gasteiger partial charge >= 0.3 is 0 Å². The van der Waals surface area contributed by atoms with E-state index in [1.165, 1.54) is 11.8 Å². The second-order valence-electron chi connectivity index (χ2n) is 6.63. The zero-order valence-electron chi connectivity index (χ0n) is 17.8. The van der Waals surface area contributed by atoms with Crippen LogP contribution in [0.2, 0.25) is 0 Å². The van der Waals surface area contributed by atoms with E-state index in [1.54, 1.807) is 4.68 Å². The predicted molar refractivity (Wildman–Crippen MR) is 123 cm³/mol. The standard InChI is InChI=1S/C21H23N9OS/c1-3-14-9-5-6-10-15(14)23-20-25-18(24-19(22)26-20)13-32-21-27-28-29-30(21)16-11-7-8-12-17(16)31-4-2/h5-12H,3-4,13H2,1-2H3,(H3,22,23,24,25,26). The van der Waals surface area contributed by atoms with E-state index >= 15 is 0 Å². The van der Waals surface area contributed by atoms with Crippen LogP contribution in [0.15, 0.2) is 53.7 Å². The van der Waals surface area contributed by atoms with Gasteiger partial charge in [0.25, 0.3) is 0 Å². The van der Waals surface area contributed by atoms with E-state index in [4.69, 9.17) is 10.5 Å². The maximum atomic E-state index is 5.93. The lowest BCUT2D eigenvalue weighted by Crippen LogP contribution is -2.08. The van der Waals surface area contributed by atoms with Crippen molar-refractivity contribution >= 4 is 29.3 Å². The molecule has 0 aliphatic heterocycles. The summed E-state index contributed by atoms with van der Waals surface area (Å²) in [5.74, 6) is 2.18. The van der Waals surface area contributed by atoms with Crippen molar-refractivity contribution < 1.29 is 4.74 Å². The monoisotopic (exact) mass is 449 g/mol. The first kappa shape index (κ1) is 21.5. The Hall–Kier alpha value is -3.73. The molecule has 2 heterocycles. The second kappa shape index (κ2) is 10.1. The Bertz CT molecular complexity index is 1200. The molecule has 164 valence electrons. The van der Waals surface area contributed by atoms with Crippen molar-refractivity contribution in [3.05, 3.63) is 59.9 Å². The summed E-state index contributed by atoms with van der Waals surface area (Å²) in [4.78, 5) is 13.0. The van der Waals surface area contributed by atoms with Gasteiger partial charge in [0, 0.05) is 5.69 Å². The van der Waals surface area contributed by atoms with Crippen molar-refractivity contribution in [2.24, 2.45) is 0 Å². The first-order valence-corrected chi connectivity index (χ1v) is 11.1. The zero-order chi connectivity index (χ0) is 22.3. The molecule has 0 atom stereocenters. The number of nitrogen functional groups attached to an aromatic ring is 1. The topological polar surface area (TPSA) is 130 Å². The highest BCUT2D eigenvalue weighted by molar-refractivity contribution is 7.98. The Morgan fingerprint density at radius 2 is 1.84 bits per heavy atom. The van der Waals surface area contributed by atoms with Gasteiger partial charge in [0.1, 0.15) is 17.3 Å². The number of hydrogen-bond donors (Lipinski definition) is 2. The molecule has 0 bridgehead atoms. The highest BCUT2D eigenvalue weighted by atomic mass is 32.2. The Kier molecular flexibility index (Phi) is 6.75. The minimum atomic E-state index is 0.147. The number of nitrogens with two attached hydrogens (primary N) is 1. The number of ether oxygens (including phenoxy) is 1. The van der Waals surface area contributed by atoms with E-state index in [9.17, 15) is 0 Å². The van der Waals surface area contributed by atoms with E-state index in [-0.39, 0.29) is 5.95 Å². The van der Waals surface area contributed by atoms with E-state index in [2.05, 4.69) is 48.8 Å². The molecule has 11 heteroatoms. The molecule has 3 N–H and O–H groups in total. The van der Waals surface area contributed by atoms with Gasteiger partial charge in [-0.25, -0.2) is 0 Å². The maximum absolute atomic E-state index is 5.93. The summed E-state index contributed by atoms with van der Waals surface area (Å²) in [6, 6.07) is 15.6. The molecule has 4 rings (SSSR count). The van der Waals surface area contributed by atoms with Crippen LogP contribution in [0.25, 0.3) is 5.69 Å². The Labute approximate surface area is 189 Å². The van der Waals surface area contributed by atoms with Gasteiger partial charge in [-0.2, -0.15) is 19.6 Å².